The van der Waals surface area contributed by atoms with Gasteiger partial charge in [-0.1, -0.05) is 133 Å². The number of hydrogen-bond acceptors (Lipinski definition) is 4. The molecule has 3 nitrogen and oxygen atoms in total. The Labute approximate surface area is 292 Å². The minimum Gasteiger partial charge on any atom is -0.455 e. The predicted octanol–water partition coefficient (Wildman–Crippen LogP) is 13.1. The highest BCUT2D eigenvalue weighted by atomic mass is 32.1. The van der Waals surface area contributed by atoms with Crippen LogP contribution in [0.15, 0.2) is 174 Å². The Balaban J connectivity index is 1.23. The summed E-state index contributed by atoms with van der Waals surface area (Å²) in [4.78, 5) is 10.5. The molecule has 0 saturated carbocycles. The summed E-state index contributed by atoms with van der Waals surface area (Å²) in [7, 11) is 0. The van der Waals surface area contributed by atoms with Gasteiger partial charge in [-0.2, -0.15) is 0 Å². The number of nitrogens with zero attached hydrogens (tertiary/aromatic N) is 2. The number of aromatic nitrogens is 2. The molecule has 0 aliphatic rings. The first-order valence-corrected chi connectivity index (χ1v) is 17.6. The van der Waals surface area contributed by atoms with E-state index in [2.05, 4.69) is 152 Å². The molecule has 0 saturated heterocycles. The van der Waals surface area contributed by atoms with Crippen LogP contribution in [0.3, 0.4) is 0 Å². The molecule has 7 aromatic carbocycles. The van der Waals surface area contributed by atoms with E-state index in [0.717, 1.165) is 72.3 Å². The van der Waals surface area contributed by atoms with Crippen LogP contribution in [-0.2, 0) is 0 Å². The van der Waals surface area contributed by atoms with Gasteiger partial charge in [-0.05, 0) is 58.7 Å². The van der Waals surface area contributed by atoms with Gasteiger partial charge in [0, 0.05) is 47.6 Å². The quantitative estimate of drug-likeness (QED) is 0.185. The van der Waals surface area contributed by atoms with Crippen molar-refractivity contribution in [2.45, 2.75) is 0 Å². The van der Waals surface area contributed by atoms with Gasteiger partial charge in [0.1, 0.15) is 11.2 Å². The van der Waals surface area contributed by atoms with E-state index in [0.29, 0.717) is 5.82 Å². The maximum Gasteiger partial charge on any atom is 0.161 e. The van der Waals surface area contributed by atoms with Gasteiger partial charge in [-0.15, -0.1) is 11.3 Å². The van der Waals surface area contributed by atoms with Crippen molar-refractivity contribution in [3.8, 4) is 56.2 Å². The topological polar surface area (TPSA) is 38.9 Å². The Morgan fingerprint density at radius 3 is 1.88 bits per heavy atom. The van der Waals surface area contributed by atoms with Crippen LogP contribution >= 0.6 is 11.3 Å². The van der Waals surface area contributed by atoms with Crippen LogP contribution in [0.5, 0.6) is 0 Å². The minimum atomic E-state index is 0.670. The van der Waals surface area contributed by atoms with Crippen LogP contribution in [0.4, 0.5) is 0 Å². The number of para-hydroxylation sites is 1. The van der Waals surface area contributed by atoms with Crippen LogP contribution in [0.2, 0.25) is 0 Å². The van der Waals surface area contributed by atoms with Gasteiger partial charge >= 0.3 is 0 Å². The molecule has 0 atom stereocenters. The lowest BCUT2D eigenvalue weighted by atomic mass is 9.94. The second kappa shape index (κ2) is 11.7. The number of rotatable bonds is 5. The molecule has 0 radical (unpaired) electrons. The summed E-state index contributed by atoms with van der Waals surface area (Å²) >= 11 is 1.84. The molecule has 10 rings (SSSR count). The summed E-state index contributed by atoms with van der Waals surface area (Å²) in [6, 6.07) is 59.5. The minimum absolute atomic E-state index is 0.670. The molecule has 0 N–H and O–H groups in total. The van der Waals surface area contributed by atoms with Crippen molar-refractivity contribution >= 4 is 53.4 Å². The normalized spacial score (nSPS) is 11.6. The lowest BCUT2D eigenvalue weighted by Crippen LogP contribution is -1.97. The van der Waals surface area contributed by atoms with Gasteiger partial charge in [-0.25, -0.2) is 9.97 Å². The Morgan fingerprint density at radius 2 is 1.04 bits per heavy atom. The third-order valence-corrected chi connectivity index (χ3v) is 10.7. The number of furan rings is 1. The molecule has 0 spiro atoms. The van der Waals surface area contributed by atoms with E-state index in [4.69, 9.17) is 14.4 Å². The van der Waals surface area contributed by atoms with E-state index in [1.165, 1.54) is 20.2 Å². The van der Waals surface area contributed by atoms with Crippen molar-refractivity contribution in [2.24, 2.45) is 0 Å². The molecule has 0 fully saturated rings. The largest absolute Gasteiger partial charge is 0.455 e. The molecule has 50 heavy (non-hydrogen) atoms. The monoisotopic (exact) mass is 656 g/mol. The lowest BCUT2D eigenvalue weighted by molar-refractivity contribution is 0.670. The SMILES string of the molecule is c1ccc(-c2cc(-c3ccc(-c4ccc5sc6ccccc6c5c4)c4c3oc3ccccc34)nc(-c3ccccc3-c3ccccc3)n2)cc1. The second-order valence-electron chi connectivity index (χ2n) is 12.5. The smallest absolute Gasteiger partial charge is 0.161 e. The molecule has 0 unspecified atom stereocenters. The number of fused-ring (bicyclic) bond motifs is 6. The highest BCUT2D eigenvalue weighted by molar-refractivity contribution is 7.25. The van der Waals surface area contributed by atoms with E-state index in [1.54, 1.807) is 0 Å². The van der Waals surface area contributed by atoms with Crippen molar-refractivity contribution in [3.63, 3.8) is 0 Å². The summed E-state index contributed by atoms with van der Waals surface area (Å²) in [5.74, 6) is 0.670. The lowest BCUT2D eigenvalue weighted by Gasteiger charge is -2.13. The van der Waals surface area contributed by atoms with Crippen LogP contribution in [0, 0.1) is 0 Å². The number of benzene rings is 7. The Bertz CT molecular complexity index is 2870. The van der Waals surface area contributed by atoms with E-state index >= 15 is 0 Å². The molecule has 0 aliphatic heterocycles. The highest BCUT2D eigenvalue weighted by Gasteiger charge is 2.21. The third kappa shape index (κ3) is 4.73. The van der Waals surface area contributed by atoms with Gasteiger partial charge in [0.2, 0.25) is 0 Å². The van der Waals surface area contributed by atoms with Gasteiger partial charge in [0.15, 0.2) is 5.82 Å². The molecule has 4 heteroatoms. The van der Waals surface area contributed by atoms with Crippen molar-refractivity contribution in [3.05, 3.63) is 170 Å². The zero-order chi connectivity index (χ0) is 33.0. The van der Waals surface area contributed by atoms with Crippen LogP contribution in [0.1, 0.15) is 0 Å². The van der Waals surface area contributed by atoms with Crippen molar-refractivity contribution < 1.29 is 4.42 Å². The van der Waals surface area contributed by atoms with Gasteiger partial charge in [0.05, 0.1) is 11.4 Å². The van der Waals surface area contributed by atoms with E-state index < -0.39 is 0 Å². The molecule has 0 amide bonds. The van der Waals surface area contributed by atoms with Crippen molar-refractivity contribution in [1.29, 1.82) is 0 Å². The summed E-state index contributed by atoms with van der Waals surface area (Å²) in [5.41, 5.74) is 10.8. The third-order valence-electron chi connectivity index (χ3n) is 9.54. The summed E-state index contributed by atoms with van der Waals surface area (Å²) in [5, 5.41) is 4.74. The Hall–Kier alpha value is -6.36. The zero-order valence-electron chi connectivity index (χ0n) is 26.9. The van der Waals surface area contributed by atoms with E-state index in [1.807, 2.05) is 29.5 Å². The second-order valence-corrected chi connectivity index (χ2v) is 13.6. The average Bonchev–Trinajstić information content (AvgIpc) is 3.77. The van der Waals surface area contributed by atoms with Crippen molar-refractivity contribution in [2.75, 3.05) is 0 Å². The first-order chi connectivity index (χ1) is 24.8. The summed E-state index contributed by atoms with van der Waals surface area (Å²) in [6.07, 6.45) is 0. The highest BCUT2D eigenvalue weighted by Crippen LogP contribution is 2.44. The average molecular weight is 657 g/mol. The molecule has 0 bridgehead atoms. The maximum absolute atomic E-state index is 6.77. The number of thiophene rings is 1. The van der Waals surface area contributed by atoms with E-state index in [-0.39, 0.29) is 0 Å². The molecule has 234 valence electrons. The zero-order valence-corrected chi connectivity index (χ0v) is 27.7. The Morgan fingerprint density at radius 1 is 0.400 bits per heavy atom. The standard InChI is InChI=1S/C46H28N2OS/c1-3-13-29(14-4-1)32-17-7-8-19-35(32)46-47-39(30-15-5-2-6-16-30)28-40(48-46)36-25-24-33(44-37-20-9-11-21-41(37)49-45(36)44)31-23-26-43-38(27-31)34-18-10-12-22-42(34)50-43/h1-28H. The van der Waals surface area contributed by atoms with Gasteiger partial charge in [-0.3, -0.25) is 0 Å². The van der Waals surface area contributed by atoms with Crippen LogP contribution < -0.4 is 0 Å². The predicted molar refractivity (Wildman–Crippen MR) is 209 cm³/mol. The van der Waals surface area contributed by atoms with Crippen LogP contribution in [0.25, 0.3) is 98.3 Å². The first-order valence-electron chi connectivity index (χ1n) is 16.7. The molecule has 10 aromatic rings. The molecular formula is C46H28N2OS. The van der Waals surface area contributed by atoms with E-state index in [9.17, 15) is 0 Å². The summed E-state index contributed by atoms with van der Waals surface area (Å²) < 4.78 is 9.36. The molecule has 3 aromatic heterocycles. The van der Waals surface area contributed by atoms with Crippen molar-refractivity contribution in [1.82, 2.24) is 9.97 Å². The Kier molecular flexibility index (Phi) is 6.68. The molecular weight excluding hydrogens is 629 g/mol. The fourth-order valence-corrected chi connectivity index (χ4v) is 8.26. The molecule has 3 heterocycles. The fourth-order valence-electron chi connectivity index (χ4n) is 7.17. The maximum atomic E-state index is 6.77. The summed E-state index contributed by atoms with van der Waals surface area (Å²) in [6.45, 7) is 0. The van der Waals surface area contributed by atoms with Gasteiger partial charge in [0.25, 0.3) is 0 Å². The van der Waals surface area contributed by atoms with Crippen LogP contribution in [-0.4, -0.2) is 9.97 Å². The molecule has 0 aliphatic carbocycles. The number of hydrogen-bond donors (Lipinski definition) is 0. The van der Waals surface area contributed by atoms with Gasteiger partial charge < -0.3 is 4.42 Å². The first kappa shape index (κ1) is 28.6. The fraction of sp³-hybridized carbons (Fsp3) is 0.